The lowest BCUT2D eigenvalue weighted by molar-refractivity contribution is -0.126. The number of nitrogens with one attached hydrogen (secondary N) is 1. The molecule has 2 heterocycles. The second kappa shape index (κ2) is 10.0. The summed E-state index contributed by atoms with van der Waals surface area (Å²) in [4.78, 5) is 12.8. The topological polar surface area (TPSA) is 84.9 Å². The van der Waals surface area contributed by atoms with Crippen molar-refractivity contribution in [1.29, 1.82) is 0 Å². The van der Waals surface area contributed by atoms with Crippen LogP contribution in [0.2, 0.25) is 0 Å². The maximum atomic E-state index is 12.8. The first-order valence-electron chi connectivity index (χ1n) is 10.4. The second-order valence-corrected chi connectivity index (χ2v) is 11.0. The van der Waals surface area contributed by atoms with Crippen LogP contribution in [-0.4, -0.2) is 44.9 Å². The van der Waals surface area contributed by atoms with E-state index in [9.17, 15) is 13.2 Å². The number of nitrogens with zero attached hydrogens (tertiary/aromatic N) is 1. The zero-order chi connectivity index (χ0) is 22.6. The summed E-state index contributed by atoms with van der Waals surface area (Å²) in [6, 6.07) is 8.79. The van der Waals surface area contributed by atoms with E-state index in [1.807, 2.05) is 39.0 Å². The van der Waals surface area contributed by atoms with Gasteiger partial charge in [-0.3, -0.25) is 4.79 Å². The van der Waals surface area contributed by atoms with E-state index in [-0.39, 0.29) is 24.0 Å². The summed E-state index contributed by atoms with van der Waals surface area (Å²) < 4.78 is 38.3. The zero-order valence-electron chi connectivity index (χ0n) is 18.3. The van der Waals surface area contributed by atoms with Gasteiger partial charge in [0.15, 0.2) is 11.5 Å². The number of rotatable bonds is 8. The Kier molecular flexibility index (Phi) is 7.61. The fourth-order valence-corrected chi connectivity index (χ4v) is 6.23. The molecule has 170 valence electrons. The van der Waals surface area contributed by atoms with Crippen molar-refractivity contribution < 1.29 is 22.7 Å². The second-order valence-electron chi connectivity index (χ2n) is 7.92. The van der Waals surface area contributed by atoms with Crippen LogP contribution >= 0.6 is 11.3 Å². The summed E-state index contributed by atoms with van der Waals surface area (Å²) in [5, 5.41) is 4.81. The SMILES string of the molecule is COc1cc(C(C)NC(=O)C2CCN(S(=O)(=O)c3cccs3)CC2)ccc1OC(C)C. The molecular weight excluding hydrogens is 436 g/mol. The highest BCUT2D eigenvalue weighted by molar-refractivity contribution is 7.91. The largest absolute Gasteiger partial charge is 0.493 e. The van der Waals surface area contributed by atoms with Gasteiger partial charge in [-0.2, -0.15) is 4.31 Å². The van der Waals surface area contributed by atoms with Crippen molar-refractivity contribution in [2.45, 2.75) is 50.0 Å². The lowest BCUT2D eigenvalue weighted by Crippen LogP contribution is -2.43. The molecule has 1 amide bonds. The van der Waals surface area contributed by atoms with E-state index in [1.54, 1.807) is 24.6 Å². The van der Waals surface area contributed by atoms with Crippen LogP contribution in [0.3, 0.4) is 0 Å². The molecule has 31 heavy (non-hydrogen) atoms. The molecule has 3 rings (SSSR count). The van der Waals surface area contributed by atoms with Crippen molar-refractivity contribution in [3.8, 4) is 11.5 Å². The predicted octanol–water partition coefficient (Wildman–Crippen LogP) is 3.82. The number of carbonyl (C=O) groups excluding carboxylic acids is 1. The molecule has 7 nitrogen and oxygen atoms in total. The van der Waals surface area contributed by atoms with Crippen LogP contribution in [-0.2, 0) is 14.8 Å². The Bertz CT molecular complexity index is 981. The number of hydrogen-bond donors (Lipinski definition) is 1. The van der Waals surface area contributed by atoms with E-state index in [4.69, 9.17) is 9.47 Å². The zero-order valence-corrected chi connectivity index (χ0v) is 20.0. The maximum absolute atomic E-state index is 12.8. The monoisotopic (exact) mass is 466 g/mol. The first kappa shape index (κ1) is 23.6. The van der Waals surface area contributed by atoms with Crippen LogP contribution in [0, 0.1) is 5.92 Å². The standard InChI is InChI=1S/C22H30N2O5S2/c1-15(2)29-19-8-7-18(14-20(19)28-4)16(3)23-22(25)17-9-11-24(12-10-17)31(26,27)21-6-5-13-30-21/h5-8,13-17H,9-12H2,1-4H3,(H,23,25). The number of carbonyl (C=O) groups is 1. The predicted molar refractivity (Wildman–Crippen MR) is 121 cm³/mol. The minimum atomic E-state index is -3.46. The molecule has 1 N–H and O–H groups in total. The lowest BCUT2D eigenvalue weighted by atomic mass is 9.96. The van der Waals surface area contributed by atoms with Gasteiger partial charge in [0, 0.05) is 19.0 Å². The van der Waals surface area contributed by atoms with Gasteiger partial charge in [-0.15, -0.1) is 11.3 Å². The number of methoxy groups -OCH3 is 1. The summed E-state index contributed by atoms with van der Waals surface area (Å²) in [6.45, 7) is 6.52. The summed E-state index contributed by atoms with van der Waals surface area (Å²) >= 11 is 1.22. The lowest BCUT2D eigenvalue weighted by Gasteiger charge is -2.31. The number of sulfonamides is 1. The van der Waals surface area contributed by atoms with Gasteiger partial charge in [-0.25, -0.2) is 8.42 Å². The minimum Gasteiger partial charge on any atom is -0.493 e. The molecule has 1 atom stereocenters. The van der Waals surface area contributed by atoms with Crippen LogP contribution in [0.1, 0.15) is 45.2 Å². The third-order valence-electron chi connectivity index (χ3n) is 5.32. The van der Waals surface area contributed by atoms with Gasteiger partial charge in [0.25, 0.3) is 10.0 Å². The Morgan fingerprint density at radius 1 is 1.16 bits per heavy atom. The number of amides is 1. The molecule has 1 fully saturated rings. The van der Waals surface area contributed by atoms with E-state index in [0.717, 1.165) is 5.56 Å². The first-order valence-corrected chi connectivity index (χ1v) is 12.7. The molecule has 1 aliphatic heterocycles. The summed E-state index contributed by atoms with van der Waals surface area (Å²) in [6.07, 6.45) is 1.05. The quantitative estimate of drug-likeness (QED) is 0.639. The average Bonchev–Trinajstić information content (AvgIpc) is 3.29. The van der Waals surface area contributed by atoms with E-state index >= 15 is 0 Å². The highest BCUT2D eigenvalue weighted by Gasteiger charge is 2.33. The molecule has 0 bridgehead atoms. The average molecular weight is 467 g/mol. The van der Waals surface area contributed by atoms with Gasteiger partial charge < -0.3 is 14.8 Å². The molecule has 1 saturated heterocycles. The molecule has 1 aromatic carbocycles. The number of ether oxygens (including phenoxy) is 2. The van der Waals surface area contributed by atoms with Gasteiger partial charge >= 0.3 is 0 Å². The molecule has 2 aromatic rings. The molecule has 0 radical (unpaired) electrons. The third-order valence-corrected chi connectivity index (χ3v) is 8.59. The van der Waals surface area contributed by atoms with Crippen molar-refractivity contribution >= 4 is 27.3 Å². The Morgan fingerprint density at radius 2 is 1.87 bits per heavy atom. The molecule has 0 aliphatic carbocycles. The van der Waals surface area contributed by atoms with Gasteiger partial charge in [-0.1, -0.05) is 12.1 Å². The molecule has 1 aliphatic rings. The Morgan fingerprint density at radius 3 is 2.45 bits per heavy atom. The van der Waals surface area contributed by atoms with Crippen molar-refractivity contribution in [2.24, 2.45) is 5.92 Å². The fraction of sp³-hybridized carbons (Fsp3) is 0.500. The van der Waals surface area contributed by atoms with Crippen LogP contribution in [0.4, 0.5) is 0 Å². The molecule has 0 saturated carbocycles. The van der Waals surface area contributed by atoms with Crippen molar-refractivity contribution in [3.05, 3.63) is 41.3 Å². The van der Waals surface area contributed by atoms with Crippen molar-refractivity contribution in [1.82, 2.24) is 9.62 Å². The third kappa shape index (κ3) is 5.58. The number of piperidine rings is 1. The van der Waals surface area contributed by atoms with Gasteiger partial charge in [0.1, 0.15) is 4.21 Å². The van der Waals surface area contributed by atoms with Gasteiger partial charge in [0.2, 0.25) is 5.91 Å². The Labute approximate surface area is 188 Å². The Balaban J connectivity index is 1.58. The van der Waals surface area contributed by atoms with Gasteiger partial charge in [0.05, 0.1) is 19.3 Å². The number of hydrogen-bond acceptors (Lipinski definition) is 6. The molecule has 0 spiro atoms. The number of benzene rings is 1. The maximum Gasteiger partial charge on any atom is 0.252 e. The normalized spacial score (nSPS) is 16.8. The summed E-state index contributed by atoms with van der Waals surface area (Å²) in [5.41, 5.74) is 0.916. The molecule has 1 aromatic heterocycles. The summed E-state index contributed by atoms with van der Waals surface area (Å²) in [5.74, 6) is 1.03. The van der Waals surface area contributed by atoms with E-state index in [2.05, 4.69) is 5.32 Å². The smallest absolute Gasteiger partial charge is 0.252 e. The number of thiophene rings is 1. The molecule has 9 heteroatoms. The van der Waals surface area contributed by atoms with E-state index in [0.29, 0.717) is 41.6 Å². The molecule has 1 unspecified atom stereocenters. The summed E-state index contributed by atoms with van der Waals surface area (Å²) in [7, 11) is -1.87. The molecular formula is C22H30N2O5S2. The highest BCUT2D eigenvalue weighted by Crippen LogP contribution is 2.32. The van der Waals surface area contributed by atoms with Crippen molar-refractivity contribution in [2.75, 3.05) is 20.2 Å². The minimum absolute atomic E-state index is 0.0337. The highest BCUT2D eigenvalue weighted by atomic mass is 32.2. The van der Waals surface area contributed by atoms with Crippen LogP contribution in [0.15, 0.2) is 39.9 Å². The van der Waals surface area contributed by atoms with E-state index < -0.39 is 10.0 Å². The Hall–Kier alpha value is -2.10. The first-order chi connectivity index (χ1) is 14.7. The van der Waals surface area contributed by atoms with Crippen molar-refractivity contribution in [3.63, 3.8) is 0 Å². The van der Waals surface area contributed by atoms with Crippen LogP contribution < -0.4 is 14.8 Å². The van der Waals surface area contributed by atoms with Crippen LogP contribution in [0.5, 0.6) is 11.5 Å². The van der Waals surface area contributed by atoms with Crippen LogP contribution in [0.25, 0.3) is 0 Å². The fourth-order valence-electron chi connectivity index (χ4n) is 3.62. The van der Waals surface area contributed by atoms with Gasteiger partial charge in [-0.05, 0) is 62.8 Å². The van der Waals surface area contributed by atoms with E-state index in [1.165, 1.54) is 15.6 Å².